The van der Waals surface area contributed by atoms with Crippen molar-refractivity contribution in [1.82, 2.24) is 24.1 Å². The molecule has 0 bridgehead atoms. The zero-order valence-corrected chi connectivity index (χ0v) is 19.7. The fourth-order valence-electron chi connectivity index (χ4n) is 4.72. The Hall–Kier alpha value is -3.37. The van der Waals surface area contributed by atoms with Crippen LogP contribution in [0.2, 0.25) is 0 Å². The number of aliphatic hydroxyl groups is 1. The second-order valence-electron chi connectivity index (χ2n) is 9.27. The third-order valence-electron chi connectivity index (χ3n) is 6.83. The van der Waals surface area contributed by atoms with Gasteiger partial charge >= 0.3 is 0 Å². The Morgan fingerprint density at radius 3 is 2.74 bits per heavy atom. The quantitative estimate of drug-likeness (QED) is 0.437. The molecule has 1 aromatic carbocycles. The van der Waals surface area contributed by atoms with E-state index in [1.807, 2.05) is 13.1 Å². The predicted octanol–water partition coefficient (Wildman–Crippen LogP) is 3.57. The van der Waals surface area contributed by atoms with Crippen LogP contribution < -0.4 is 10.9 Å². The van der Waals surface area contributed by atoms with Crippen LogP contribution in [0.25, 0.3) is 16.6 Å². The number of alkyl halides is 2. The normalized spacial score (nSPS) is 16.7. The SMILES string of the molecule is CC(Nc1nc2ccnn2c2cc(=O)n(C3CCN(C)CC3)cc12)c1cccc(C(F)(F)CO)c1. The van der Waals surface area contributed by atoms with Crippen molar-refractivity contribution in [3.8, 4) is 0 Å². The summed E-state index contributed by atoms with van der Waals surface area (Å²) >= 11 is 0. The van der Waals surface area contributed by atoms with Crippen LogP contribution in [0.4, 0.5) is 14.6 Å². The average molecular weight is 483 g/mol. The lowest BCUT2D eigenvalue weighted by Gasteiger charge is -2.30. The predicted molar refractivity (Wildman–Crippen MR) is 130 cm³/mol. The van der Waals surface area contributed by atoms with E-state index in [4.69, 9.17) is 10.1 Å². The van der Waals surface area contributed by atoms with Gasteiger partial charge in [-0.2, -0.15) is 13.9 Å². The average Bonchev–Trinajstić information content (AvgIpc) is 3.33. The Kier molecular flexibility index (Phi) is 6.02. The maximum Gasteiger partial charge on any atom is 0.295 e. The Labute approximate surface area is 200 Å². The molecular formula is C25H28F2N6O2. The first-order chi connectivity index (χ1) is 16.8. The fourth-order valence-corrected chi connectivity index (χ4v) is 4.72. The van der Waals surface area contributed by atoms with Gasteiger partial charge in [0, 0.05) is 36.0 Å². The maximum absolute atomic E-state index is 14.1. The number of anilines is 1. The number of hydrogen-bond acceptors (Lipinski definition) is 6. The molecule has 0 spiro atoms. The molecule has 1 fully saturated rings. The van der Waals surface area contributed by atoms with E-state index in [9.17, 15) is 13.6 Å². The van der Waals surface area contributed by atoms with Crippen molar-refractivity contribution in [1.29, 1.82) is 0 Å². The smallest absolute Gasteiger partial charge is 0.295 e. The van der Waals surface area contributed by atoms with Crippen LogP contribution in [0.15, 0.2) is 53.6 Å². The van der Waals surface area contributed by atoms with E-state index >= 15 is 0 Å². The second kappa shape index (κ2) is 9.01. The third-order valence-corrected chi connectivity index (χ3v) is 6.83. The molecule has 35 heavy (non-hydrogen) atoms. The standard InChI is InChI=1S/C25H28F2N6O2/c1-16(17-4-3-5-18(12-17)25(26,27)15-34)29-24-20-14-32(19-7-10-31(2)11-8-19)23(35)13-21(20)33-22(30-24)6-9-28-33/h3-6,9,12-14,16,19,34H,7-8,10-11,15H2,1-2H3,(H,29,30). The highest BCUT2D eigenvalue weighted by Crippen LogP contribution is 2.31. The number of likely N-dealkylation sites (tertiary alicyclic amines) is 1. The molecule has 10 heteroatoms. The number of aromatic nitrogens is 4. The van der Waals surface area contributed by atoms with Crippen LogP contribution in [0.3, 0.4) is 0 Å². The third kappa shape index (κ3) is 4.39. The molecular weight excluding hydrogens is 454 g/mol. The minimum absolute atomic E-state index is 0.0898. The van der Waals surface area contributed by atoms with Gasteiger partial charge in [-0.05, 0) is 51.5 Å². The maximum atomic E-state index is 14.1. The van der Waals surface area contributed by atoms with Crippen molar-refractivity contribution in [3.05, 3.63) is 70.3 Å². The second-order valence-corrected chi connectivity index (χ2v) is 9.27. The van der Waals surface area contributed by atoms with Crippen LogP contribution in [-0.2, 0) is 5.92 Å². The van der Waals surface area contributed by atoms with Gasteiger partial charge in [0.2, 0.25) is 0 Å². The zero-order chi connectivity index (χ0) is 24.7. The Balaban J connectivity index is 1.57. The topological polar surface area (TPSA) is 87.7 Å². The number of benzene rings is 1. The van der Waals surface area contributed by atoms with Crippen LogP contribution in [0, 0.1) is 0 Å². The lowest BCUT2D eigenvalue weighted by atomic mass is 10.0. The number of piperidine rings is 1. The number of rotatable bonds is 6. The molecule has 3 aromatic heterocycles. The van der Waals surface area contributed by atoms with E-state index < -0.39 is 12.5 Å². The van der Waals surface area contributed by atoms with Gasteiger partial charge in [-0.15, -0.1) is 0 Å². The number of nitrogens with zero attached hydrogens (tertiary/aromatic N) is 5. The summed E-state index contributed by atoms with van der Waals surface area (Å²) in [5.74, 6) is -2.78. The monoisotopic (exact) mass is 482 g/mol. The summed E-state index contributed by atoms with van der Waals surface area (Å²) in [5, 5.41) is 17.5. The number of hydrogen-bond donors (Lipinski definition) is 2. The number of halogens is 2. The van der Waals surface area contributed by atoms with Crippen molar-refractivity contribution in [3.63, 3.8) is 0 Å². The van der Waals surface area contributed by atoms with Crippen LogP contribution in [0.1, 0.15) is 43.0 Å². The molecule has 1 aliphatic heterocycles. The zero-order valence-electron chi connectivity index (χ0n) is 19.7. The van der Waals surface area contributed by atoms with Crippen molar-refractivity contribution in [2.45, 2.75) is 37.8 Å². The highest BCUT2D eigenvalue weighted by molar-refractivity contribution is 5.90. The van der Waals surface area contributed by atoms with Gasteiger partial charge < -0.3 is 19.9 Å². The first-order valence-electron chi connectivity index (χ1n) is 11.7. The van der Waals surface area contributed by atoms with E-state index in [1.165, 1.54) is 12.1 Å². The van der Waals surface area contributed by atoms with Crippen molar-refractivity contribution < 1.29 is 13.9 Å². The fraction of sp³-hybridized carbons (Fsp3) is 0.400. The Bertz CT molecular complexity index is 1420. The van der Waals surface area contributed by atoms with Gasteiger partial charge in [0.15, 0.2) is 5.65 Å². The first-order valence-corrected chi connectivity index (χ1v) is 11.7. The molecule has 184 valence electrons. The molecule has 0 saturated carbocycles. The van der Waals surface area contributed by atoms with E-state index in [2.05, 4.69) is 22.4 Å². The summed E-state index contributed by atoms with van der Waals surface area (Å²) in [6.07, 6.45) is 5.22. The van der Waals surface area contributed by atoms with Gasteiger partial charge in [0.25, 0.3) is 11.5 Å². The van der Waals surface area contributed by atoms with Crippen molar-refractivity contribution in [2.24, 2.45) is 0 Å². The molecule has 1 saturated heterocycles. The molecule has 2 N–H and O–H groups in total. The number of pyridine rings is 1. The molecule has 8 nitrogen and oxygen atoms in total. The first kappa shape index (κ1) is 23.4. The largest absolute Gasteiger partial charge is 0.390 e. The van der Waals surface area contributed by atoms with Crippen molar-refractivity contribution >= 4 is 22.4 Å². The van der Waals surface area contributed by atoms with E-state index in [1.54, 1.807) is 39.5 Å². The highest BCUT2D eigenvalue weighted by atomic mass is 19.3. The van der Waals surface area contributed by atoms with Crippen LogP contribution in [-0.4, -0.2) is 55.9 Å². The molecule has 1 unspecified atom stereocenters. The summed E-state index contributed by atoms with van der Waals surface area (Å²) in [6.45, 7) is 2.44. The van der Waals surface area contributed by atoms with Gasteiger partial charge in [0.1, 0.15) is 12.4 Å². The molecule has 0 amide bonds. The molecule has 1 aliphatic rings. The molecule has 5 rings (SSSR count). The summed E-state index contributed by atoms with van der Waals surface area (Å²) in [6, 6.07) is 9.07. The summed E-state index contributed by atoms with van der Waals surface area (Å²) in [5.41, 5.74) is 1.50. The van der Waals surface area contributed by atoms with Crippen LogP contribution in [0.5, 0.6) is 0 Å². The van der Waals surface area contributed by atoms with Gasteiger partial charge in [-0.25, -0.2) is 9.50 Å². The van der Waals surface area contributed by atoms with Gasteiger partial charge in [0.05, 0.1) is 17.1 Å². The molecule has 0 aliphatic carbocycles. The summed E-state index contributed by atoms with van der Waals surface area (Å²) in [4.78, 5) is 20.0. The molecule has 4 aromatic rings. The lowest BCUT2D eigenvalue weighted by Crippen LogP contribution is -2.35. The molecule has 4 heterocycles. The van der Waals surface area contributed by atoms with E-state index in [-0.39, 0.29) is 23.2 Å². The Morgan fingerprint density at radius 1 is 1.23 bits per heavy atom. The molecule has 1 atom stereocenters. The lowest BCUT2D eigenvalue weighted by molar-refractivity contribution is -0.0556. The Morgan fingerprint density at radius 2 is 2.00 bits per heavy atom. The highest BCUT2D eigenvalue weighted by Gasteiger charge is 2.31. The minimum atomic E-state index is -3.32. The summed E-state index contributed by atoms with van der Waals surface area (Å²) in [7, 11) is 2.08. The van der Waals surface area contributed by atoms with E-state index in [0.29, 0.717) is 22.5 Å². The molecule has 0 radical (unpaired) electrons. The van der Waals surface area contributed by atoms with E-state index in [0.717, 1.165) is 31.3 Å². The van der Waals surface area contributed by atoms with Crippen molar-refractivity contribution in [2.75, 3.05) is 32.1 Å². The number of aliphatic hydroxyl groups excluding tert-OH is 1. The number of fused-ring (bicyclic) bond motifs is 3. The van der Waals surface area contributed by atoms with Gasteiger partial charge in [-0.1, -0.05) is 18.2 Å². The van der Waals surface area contributed by atoms with Gasteiger partial charge in [-0.3, -0.25) is 4.79 Å². The minimum Gasteiger partial charge on any atom is -0.390 e. The van der Waals surface area contributed by atoms with Crippen LogP contribution >= 0.6 is 0 Å². The summed E-state index contributed by atoms with van der Waals surface area (Å²) < 4.78 is 31.5. The number of nitrogens with one attached hydrogen (secondary N) is 1.